The fraction of sp³-hybridized carbons (Fsp3) is 0.647. The average Bonchev–Trinajstić information content (AvgIpc) is 2.45. The minimum Gasteiger partial charge on any atom is -0.369 e. The van der Waals surface area contributed by atoms with Crippen molar-refractivity contribution in [3.05, 3.63) is 28.8 Å². The molecule has 0 saturated carbocycles. The molecule has 1 aromatic carbocycles. The van der Waals surface area contributed by atoms with Crippen molar-refractivity contribution < 1.29 is 0 Å². The molecule has 2 nitrogen and oxygen atoms in total. The summed E-state index contributed by atoms with van der Waals surface area (Å²) in [6.07, 6.45) is 5.07. The maximum Gasteiger partial charge on any atom is 0.0474 e. The lowest BCUT2D eigenvalue weighted by Crippen LogP contribution is -2.37. The molecule has 0 aliphatic carbocycles. The Balaban J connectivity index is 2.12. The van der Waals surface area contributed by atoms with E-state index in [2.05, 4.69) is 49.2 Å². The van der Waals surface area contributed by atoms with Crippen molar-refractivity contribution in [1.29, 1.82) is 0 Å². The fourth-order valence-electron chi connectivity index (χ4n) is 3.00. The largest absolute Gasteiger partial charge is 0.369 e. The van der Waals surface area contributed by atoms with E-state index in [-0.39, 0.29) is 0 Å². The van der Waals surface area contributed by atoms with Gasteiger partial charge in [0.25, 0.3) is 0 Å². The van der Waals surface area contributed by atoms with Gasteiger partial charge in [-0.1, -0.05) is 24.6 Å². The zero-order valence-corrected chi connectivity index (χ0v) is 13.7. The summed E-state index contributed by atoms with van der Waals surface area (Å²) in [6.45, 7) is 8.86. The van der Waals surface area contributed by atoms with E-state index in [0.29, 0.717) is 12.1 Å². The topological polar surface area (TPSA) is 15.3 Å². The minimum absolute atomic E-state index is 0.315. The quantitative estimate of drug-likeness (QED) is 0.841. The molecule has 0 radical (unpaired) electrons. The Labute approximate surface area is 128 Å². The van der Waals surface area contributed by atoms with Gasteiger partial charge in [-0.3, -0.25) is 0 Å². The lowest BCUT2D eigenvalue weighted by Gasteiger charge is -2.35. The molecule has 2 atom stereocenters. The van der Waals surface area contributed by atoms with Crippen LogP contribution in [0.1, 0.15) is 58.1 Å². The molecule has 20 heavy (non-hydrogen) atoms. The Morgan fingerprint density at radius 3 is 2.85 bits per heavy atom. The van der Waals surface area contributed by atoms with E-state index >= 15 is 0 Å². The summed E-state index contributed by atoms with van der Waals surface area (Å²) in [6, 6.07) is 7.50. The third kappa shape index (κ3) is 3.67. The van der Waals surface area contributed by atoms with Crippen molar-refractivity contribution in [2.24, 2.45) is 0 Å². The highest BCUT2D eigenvalue weighted by Gasteiger charge is 2.19. The molecule has 2 unspecified atom stereocenters. The van der Waals surface area contributed by atoms with Crippen LogP contribution in [0.4, 0.5) is 5.69 Å². The number of benzene rings is 1. The number of hydrogen-bond donors (Lipinski definition) is 1. The van der Waals surface area contributed by atoms with Gasteiger partial charge in [-0.15, -0.1) is 0 Å². The molecule has 0 amide bonds. The van der Waals surface area contributed by atoms with Crippen LogP contribution in [0.15, 0.2) is 18.2 Å². The highest BCUT2D eigenvalue weighted by molar-refractivity contribution is 6.31. The van der Waals surface area contributed by atoms with Crippen molar-refractivity contribution in [2.45, 2.75) is 58.5 Å². The molecule has 1 heterocycles. The number of halogens is 1. The van der Waals surface area contributed by atoms with E-state index < -0.39 is 0 Å². The van der Waals surface area contributed by atoms with Crippen LogP contribution in [-0.2, 0) is 0 Å². The predicted octanol–water partition coefficient (Wildman–Crippen LogP) is 4.78. The molecule has 1 N–H and O–H groups in total. The summed E-state index contributed by atoms with van der Waals surface area (Å²) < 4.78 is 0. The van der Waals surface area contributed by atoms with Crippen molar-refractivity contribution in [3.8, 4) is 0 Å². The van der Waals surface area contributed by atoms with E-state index in [1.54, 1.807) is 0 Å². The molecular weight excluding hydrogens is 268 g/mol. The average molecular weight is 295 g/mol. The number of nitrogens with zero attached hydrogens (tertiary/aromatic N) is 1. The van der Waals surface area contributed by atoms with Crippen molar-refractivity contribution in [2.75, 3.05) is 18.0 Å². The molecule has 0 bridgehead atoms. The Kier molecular flexibility index (Phi) is 5.74. The van der Waals surface area contributed by atoms with Crippen LogP contribution < -0.4 is 10.2 Å². The molecule has 1 saturated heterocycles. The first-order valence-electron chi connectivity index (χ1n) is 7.93. The van der Waals surface area contributed by atoms with Gasteiger partial charge in [0.15, 0.2) is 0 Å². The second-order valence-electron chi connectivity index (χ2n) is 5.92. The number of rotatable bonds is 5. The molecule has 0 spiro atoms. The molecule has 2 rings (SSSR count). The standard InChI is InChI=1S/C17H27ClN2/c1-4-10-19-14(3)16-9-8-15(12-17(16)18)20-11-6-5-7-13(20)2/h8-9,12-14,19H,4-7,10-11H2,1-3H3. The lowest BCUT2D eigenvalue weighted by molar-refractivity contribution is 0.484. The van der Waals surface area contributed by atoms with Gasteiger partial charge in [-0.05, 0) is 63.8 Å². The highest BCUT2D eigenvalue weighted by Crippen LogP contribution is 2.31. The monoisotopic (exact) mass is 294 g/mol. The van der Waals surface area contributed by atoms with E-state index in [9.17, 15) is 0 Å². The van der Waals surface area contributed by atoms with Crippen LogP contribution >= 0.6 is 11.6 Å². The second kappa shape index (κ2) is 7.33. The first-order valence-corrected chi connectivity index (χ1v) is 8.30. The van der Waals surface area contributed by atoms with Gasteiger partial charge < -0.3 is 10.2 Å². The summed E-state index contributed by atoms with van der Waals surface area (Å²) in [5.41, 5.74) is 2.47. The Bertz CT molecular complexity index is 433. The van der Waals surface area contributed by atoms with Gasteiger partial charge in [-0.25, -0.2) is 0 Å². The molecule has 1 aliphatic heterocycles. The van der Waals surface area contributed by atoms with E-state index in [1.807, 2.05) is 0 Å². The molecule has 112 valence electrons. The predicted molar refractivity (Wildman–Crippen MR) is 88.8 cm³/mol. The summed E-state index contributed by atoms with van der Waals surface area (Å²) in [5.74, 6) is 0. The minimum atomic E-state index is 0.315. The molecule has 1 fully saturated rings. The fourth-order valence-corrected chi connectivity index (χ4v) is 3.34. The van der Waals surface area contributed by atoms with Crippen molar-refractivity contribution in [3.63, 3.8) is 0 Å². The van der Waals surface area contributed by atoms with Gasteiger partial charge in [0.05, 0.1) is 0 Å². The number of nitrogens with one attached hydrogen (secondary N) is 1. The zero-order chi connectivity index (χ0) is 14.5. The van der Waals surface area contributed by atoms with Gasteiger partial charge in [-0.2, -0.15) is 0 Å². The van der Waals surface area contributed by atoms with Crippen LogP contribution in [0.2, 0.25) is 5.02 Å². The number of piperidine rings is 1. The third-order valence-corrected chi connectivity index (χ3v) is 4.61. The molecule has 1 aromatic rings. The molecular formula is C17H27ClN2. The van der Waals surface area contributed by atoms with Gasteiger partial charge in [0, 0.05) is 29.3 Å². The summed E-state index contributed by atoms with van der Waals surface area (Å²) in [4.78, 5) is 2.49. The normalized spacial score (nSPS) is 21.0. The van der Waals surface area contributed by atoms with Crippen LogP contribution in [0.5, 0.6) is 0 Å². The number of anilines is 1. The highest BCUT2D eigenvalue weighted by atomic mass is 35.5. The summed E-state index contributed by atoms with van der Waals surface area (Å²) >= 11 is 6.50. The van der Waals surface area contributed by atoms with Crippen molar-refractivity contribution in [1.82, 2.24) is 5.32 Å². The Morgan fingerprint density at radius 1 is 1.40 bits per heavy atom. The van der Waals surface area contributed by atoms with Crippen LogP contribution in [-0.4, -0.2) is 19.1 Å². The Morgan fingerprint density at radius 2 is 2.20 bits per heavy atom. The van der Waals surface area contributed by atoms with E-state index in [1.165, 1.54) is 30.5 Å². The smallest absolute Gasteiger partial charge is 0.0474 e. The van der Waals surface area contributed by atoms with Crippen LogP contribution in [0.25, 0.3) is 0 Å². The third-order valence-electron chi connectivity index (χ3n) is 4.29. The summed E-state index contributed by atoms with van der Waals surface area (Å²) in [5, 5.41) is 4.38. The first-order chi connectivity index (χ1) is 9.63. The summed E-state index contributed by atoms with van der Waals surface area (Å²) in [7, 11) is 0. The lowest BCUT2D eigenvalue weighted by atomic mass is 10.0. The maximum atomic E-state index is 6.50. The van der Waals surface area contributed by atoms with Gasteiger partial charge in [0.2, 0.25) is 0 Å². The van der Waals surface area contributed by atoms with Crippen molar-refractivity contribution >= 4 is 17.3 Å². The van der Waals surface area contributed by atoms with Gasteiger partial charge in [0.1, 0.15) is 0 Å². The zero-order valence-electron chi connectivity index (χ0n) is 13.0. The SMILES string of the molecule is CCCNC(C)c1ccc(N2CCCCC2C)cc1Cl. The van der Waals surface area contributed by atoms with Crippen LogP contribution in [0, 0.1) is 0 Å². The van der Waals surface area contributed by atoms with E-state index in [4.69, 9.17) is 11.6 Å². The number of hydrogen-bond acceptors (Lipinski definition) is 2. The van der Waals surface area contributed by atoms with Gasteiger partial charge >= 0.3 is 0 Å². The van der Waals surface area contributed by atoms with Crippen LogP contribution in [0.3, 0.4) is 0 Å². The molecule has 3 heteroatoms. The van der Waals surface area contributed by atoms with E-state index in [0.717, 1.165) is 24.5 Å². The Hall–Kier alpha value is -0.730. The molecule has 0 aromatic heterocycles. The first kappa shape index (κ1) is 15.7. The molecule has 1 aliphatic rings. The maximum absolute atomic E-state index is 6.50. The second-order valence-corrected chi connectivity index (χ2v) is 6.33.